The number of fused-ring (bicyclic) bond motifs is 1. The van der Waals surface area contributed by atoms with E-state index in [0.29, 0.717) is 24.6 Å². The van der Waals surface area contributed by atoms with Gasteiger partial charge in [0.1, 0.15) is 29.3 Å². The van der Waals surface area contributed by atoms with Crippen LogP contribution in [0, 0.1) is 0 Å². The van der Waals surface area contributed by atoms with Gasteiger partial charge < -0.3 is 20.3 Å². The molecule has 0 radical (unpaired) electrons. The quantitative estimate of drug-likeness (QED) is 0.408. The molecule has 4 aromatic rings. The number of amides is 1. The third-order valence-electron chi connectivity index (χ3n) is 7.67. The molecule has 2 aromatic heterocycles. The van der Waals surface area contributed by atoms with Crippen molar-refractivity contribution in [1.82, 2.24) is 34.4 Å². The van der Waals surface area contributed by atoms with Gasteiger partial charge in [-0.3, -0.25) is 9.69 Å². The Bertz CT molecular complexity index is 1430. The Balaban J connectivity index is 1.23. The minimum absolute atomic E-state index is 0.0152. The summed E-state index contributed by atoms with van der Waals surface area (Å²) in [5, 5.41) is 5.75. The van der Waals surface area contributed by atoms with Gasteiger partial charge in [-0.25, -0.2) is 14.6 Å². The van der Waals surface area contributed by atoms with Gasteiger partial charge in [-0.15, -0.1) is 0 Å². The molecule has 2 saturated heterocycles. The van der Waals surface area contributed by atoms with E-state index in [0.717, 1.165) is 73.7 Å². The van der Waals surface area contributed by atoms with E-state index >= 15 is 0 Å². The van der Waals surface area contributed by atoms with Gasteiger partial charge in [0.25, 0.3) is 0 Å². The number of aromatic nitrogens is 4. The number of hydrogen-bond acceptors (Lipinski definition) is 8. The first-order valence-corrected chi connectivity index (χ1v) is 13.6. The van der Waals surface area contributed by atoms with Crippen molar-refractivity contribution in [3.05, 3.63) is 60.9 Å². The van der Waals surface area contributed by atoms with Crippen molar-refractivity contribution >= 4 is 22.8 Å². The molecule has 2 aliphatic heterocycles. The first-order valence-electron chi connectivity index (χ1n) is 13.6. The third-order valence-corrected chi connectivity index (χ3v) is 7.67. The smallest absolute Gasteiger partial charge is 0.236 e. The Morgan fingerprint density at radius 2 is 1.72 bits per heavy atom. The number of rotatable bonds is 6. The Labute approximate surface area is 228 Å². The van der Waals surface area contributed by atoms with Crippen molar-refractivity contribution in [1.29, 1.82) is 0 Å². The molecule has 1 amide bonds. The van der Waals surface area contributed by atoms with E-state index in [9.17, 15) is 4.79 Å². The first-order chi connectivity index (χ1) is 19.0. The van der Waals surface area contributed by atoms with Crippen LogP contribution in [-0.2, 0) is 4.79 Å². The van der Waals surface area contributed by atoms with Crippen LogP contribution >= 0.6 is 0 Å². The molecule has 0 bridgehead atoms. The van der Waals surface area contributed by atoms with Gasteiger partial charge in [0, 0.05) is 44.8 Å². The van der Waals surface area contributed by atoms with E-state index < -0.39 is 0 Å². The number of nitrogens with zero attached hydrogens (tertiary/aromatic N) is 7. The normalized spacial score (nSPS) is 18.9. The molecule has 10 nitrogen and oxygen atoms in total. The van der Waals surface area contributed by atoms with Crippen LogP contribution in [0.3, 0.4) is 0 Å². The second-order valence-corrected chi connectivity index (χ2v) is 10.4. The van der Waals surface area contributed by atoms with Crippen molar-refractivity contribution in [2.45, 2.75) is 18.9 Å². The lowest BCUT2D eigenvalue weighted by Crippen LogP contribution is -2.50. The van der Waals surface area contributed by atoms with E-state index in [2.05, 4.69) is 26.8 Å². The van der Waals surface area contributed by atoms with Crippen LogP contribution in [0.25, 0.3) is 22.3 Å². The molecule has 202 valence electrons. The fraction of sp³-hybridized carbons (Fsp3) is 0.379. The second kappa shape index (κ2) is 11.0. The minimum Gasteiger partial charge on any atom is -0.457 e. The molecular weight excluding hydrogens is 492 g/mol. The summed E-state index contributed by atoms with van der Waals surface area (Å²) in [4.78, 5) is 28.6. The molecule has 2 aromatic carbocycles. The zero-order valence-corrected chi connectivity index (χ0v) is 22.2. The van der Waals surface area contributed by atoms with Crippen molar-refractivity contribution in [3.63, 3.8) is 0 Å². The van der Waals surface area contributed by atoms with Crippen LogP contribution in [0.15, 0.2) is 60.9 Å². The second-order valence-electron chi connectivity index (χ2n) is 10.4. The molecule has 0 spiro atoms. The van der Waals surface area contributed by atoms with Crippen LogP contribution in [-0.4, -0.2) is 93.2 Å². The number of likely N-dealkylation sites (N-methyl/N-ethyl adjacent to an activating group) is 1. The Morgan fingerprint density at radius 3 is 2.49 bits per heavy atom. The highest BCUT2D eigenvalue weighted by Crippen LogP contribution is 2.35. The lowest BCUT2D eigenvalue weighted by molar-refractivity contribution is -0.134. The summed E-state index contributed by atoms with van der Waals surface area (Å²) in [6.45, 7) is 5.71. The summed E-state index contributed by atoms with van der Waals surface area (Å²) in [6.07, 6.45) is 3.32. The van der Waals surface area contributed by atoms with Crippen LogP contribution in [0.2, 0.25) is 0 Å². The van der Waals surface area contributed by atoms with E-state index in [1.807, 2.05) is 64.2 Å². The summed E-state index contributed by atoms with van der Waals surface area (Å²) < 4.78 is 7.91. The van der Waals surface area contributed by atoms with E-state index in [1.54, 1.807) is 0 Å². The first kappa shape index (κ1) is 25.3. The number of carbonyl (C=O) groups is 1. The van der Waals surface area contributed by atoms with Crippen molar-refractivity contribution < 1.29 is 9.53 Å². The fourth-order valence-electron chi connectivity index (χ4n) is 5.44. The molecule has 0 aliphatic carbocycles. The predicted molar refractivity (Wildman–Crippen MR) is 150 cm³/mol. The van der Waals surface area contributed by atoms with Crippen LogP contribution < -0.4 is 10.5 Å². The molecule has 2 fully saturated rings. The SMILES string of the molecule is CN1CCN(CC(=O)N2CCC[C@@H](n3nc(-c4ccc(Oc5ccccc5)cc4)c4c(N)ncnc43)C2)CC1. The fourth-order valence-corrected chi connectivity index (χ4v) is 5.44. The maximum atomic E-state index is 13.2. The highest BCUT2D eigenvalue weighted by atomic mass is 16.5. The van der Waals surface area contributed by atoms with Gasteiger partial charge in [0.05, 0.1) is 18.0 Å². The third kappa shape index (κ3) is 5.43. The number of benzene rings is 2. The summed E-state index contributed by atoms with van der Waals surface area (Å²) in [6, 6.07) is 17.5. The monoisotopic (exact) mass is 526 g/mol. The number of piperazine rings is 1. The van der Waals surface area contributed by atoms with Crippen LogP contribution in [0.5, 0.6) is 11.5 Å². The summed E-state index contributed by atoms with van der Waals surface area (Å²) in [5.41, 5.74) is 8.68. The molecule has 39 heavy (non-hydrogen) atoms. The summed E-state index contributed by atoms with van der Waals surface area (Å²) >= 11 is 0. The average molecular weight is 527 g/mol. The van der Waals surface area contributed by atoms with Gasteiger partial charge in [-0.1, -0.05) is 18.2 Å². The van der Waals surface area contributed by atoms with Gasteiger partial charge in [0.15, 0.2) is 5.65 Å². The molecule has 2 aliphatic rings. The predicted octanol–water partition coefficient (Wildman–Crippen LogP) is 3.28. The van der Waals surface area contributed by atoms with E-state index in [-0.39, 0.29) is 11.9 Å². The lowest BCUT2D eigenvalue weighted by atomic mass is 10.1. The van der Waals surface area contributed by atoms with Crippen molar-refractivity contribution in [2.75, 3.05) is 58.6 Å². The van der Waals surface area contributed by atoms with Crippen molar-refractivity contribution in [3.8, 4) is 22.8 Å². The molecule has 2 N–H and O–H groups in total. The standard InChI is InChI=1S/C29H34N8O2/c1-34-14-16-35(17-15-34)19-25(38)36-13-5-6-22(18-36)37-29-26(28(30)31-20-32-29)27(33-37)21-9-11-24(12-10-21)39-23-7-3-2-4-8-23/h2-4,7-12,20,22H,5-6,13-19H2,1H3,(H2,30,31,32)/t22-/m1/s1. The van der Waals surface area contributed by atoms with Crippen LogP contribution in [0.1, 0.15) is 18.9 Å². The van der Waals surface area contributed by atoms with E-state index in [4.69, 9.17) is 15.6 Å². The van der Waals surface area contributed by atoms with Gasteiger partial charge in [-0.05, 0) is 56.3 Å². The number of hydrogen-bond donors (Lipinski definition) is 1. The molecular formula is C29H34N8O2. The minimum atomic E-state index is 0.0152. The highest BCUT2D eigenvalue weighted by molar-refractivity contribution is 5.98. The lowest BCUT2D eigenvalue weighted by Gasteiger charge is -2.36. The zero-order chi connectivity index (χ0) is 26.8. The van der Waals surface area contributed by atoms with E-state index in [1.165, 1.54) is 6.33 Å². The zero-order valence-electron chi connectivity index (χ0n) is 22.2. The molecule has 0 saturated carbocycles. The number of nitrogen functional groups attached to an aromatic ring is 1. The highest BCUT2D eigenvalue weighted by Gasteiger charge is 2.29. The number of likely N-dealkylation sites (tertiary alicyclic amines) is 1. The number of ether oxygens (including phenoxy) is 1. The average Bonchev–Trinajstić information content (AvgIpc) is 3.36. The number of piperidine rings is 1. The largest absolute Gasteiger partial charge is 0.457 e. The molecule has 6 rings (SSSR count). The molecule has 1 atom stereocenters. The number of para-hydroxylation sites is 1. The summed E-state index contributed by atoms with van der Waals surface area (Å²) in [5.74, 6) is 2.09. The summed E-state index contributed by atoms with van der Waals surface area (Å²) in [7, 11) is 2.13. The number of nitrogens with two attached hydrogens (primary N) is 1. The number of carbonyl (C=O) groups excluding carboxylic acids is 1. The Morgan fingerprint density at radius 1 is 0.974 bits per heavy atom. The van der Waals surface area contributed by atoms with Crippen LogP contribution in [0.4, 0.5) is 5.82 Å². The Kier molecular flexibility index (Phi) is 7.12. The number of anilines is 1. The molecule has 0 unspecified atom stereocenters. The Hall–Kier alpha value is -4.02. The van der Waals surface area contributed by atoms with Crippen molar-refractivity contribution in [2.24, 2.45) is 0 Å². The van der Waals surface area contributed by atoms with Gasteiger partial charge in [-0.2, -0.15) is 5.10 Å². The maximum absolute atomic E-state index is 13.2. The molecule has 4 heterocycles. The van der Waals surface area contributed by atoms with Gasteiger partial charge in [0.2, 0.25) is 5.91 Å². The molecule has 10 heteroatoms. The topological polar surface area (TPSA) is 106 Å². The maximum Gasteiger partial charge on any atom is 0.236 e. The van der Waals surface area contributed by atoms with Gasteiger partial charge >= 0.3 is 0 Å².